The van der Waals surface area contributed by atoms with Gasteiger partial charge >= 0.3 is 5.97 Å². The highest BCUT2D eigenvalue weighted by Crippen LogP contribution is 2.00. The van der Waals surface area contributed by atoms with E-state index >= 15 is 0 Å². The standard InChI is InChI=1S/C16H18O3/c1-2-19-16(17)12-8-3-4-9-13-18-14-15-10-6-5-7-11-15/h5-8,10-12H,2,9,13-14H2,1H3/b12-8+. The Labute approximate surface area is 114 Å². The average Bonchev–Trinajstić information content (AvgIpc) is 2.43. The molecule has 0 aromatic heterocycles. The Hall–Kier alpha value is -2.05. The number of hydrogen-bond donors (Lipinski definition) is 0. The second-order valence-electron chi connectivity index (χ2n) is 3.69. The minimum atomic E-state index is -0.364. The molecular weight excluding hydrogens is 240 g/mol. The van der Waals surface area contributed by atoms with Gasteiger partial charge in [-0.05, 0) is 18.6 Å². The Morgan fingerprint density at radius 1 is 1.32 bits per heavy atom. The van der Waals surface area contributed by atoms with Gasteiger partial charge in [0.2, 0.25) is 0 Å². The molecule has 0 aliphatic rings. The van der Waals surface area contributed by atoms with Crippen molar-refractivity contribution in [2.45, 2.75) is 20.0 Å². The lowest BCUT2D eigenvalue weighted by Gasteiger charge is -2.00. The fraction of sp³-hybridized carbons (Fsp3) is 0.312. The molecule has 3 heteroatoms. The van der Waals surface area contributed by atoms with Gasteiger partial charge in [0, 0.05) is 12.5 Å². The summed E-state index contributed by atoms with van der Waals surface area (Å²) in [6, 6.07) is 9.99. The van der Waals surface area contributed by atoms with Crippen LogP contribution in [0.1, 0.15) is 18.9 Å². The summed E-state index contributed by atoms with van der Waals surface area (Å²) in [5.41, 5.74) is 1.15. The van der Waals surface area contributed by atoms with Crippen LogP contribution >= 0.6 is 0 Å². The molecule has 0 N–H and O–H groups in total. The largest absolute Gasteiger partial charge is 0.463 e. The molecule has 0 saturated carbocycles. The Balaban J connectivity index is 2.10. The van der Waals surface area contributed by atoms with Gasteiger partial charge in [0.1, 0.15) is 0 Å². The molecule has 0 saturated heterocycles. The maximum Gasteiger partial charge on any atom is 0.331 e. The van der Waals surface area contributed by atoms with Crippen molar-refractivity contribution in [1.82, 2.24) is 0 Å². The van der Waals surface area contributed by atoms with Crippen LogP contribution in [0.3, 0.4) is 0 Å². The van der Waals surface area contributed by atoms with E-state index in [1.165, 1.54) is 12.2 Å². The van der Waals surface area contributed by atoms with Crippen LogP contribution in [-0.2, 0) is 20.9 Å². The summed E-state index contributed by atoms with van der Waals surface area (Å²) in [4.78, 5) is 10.9. The van der Waals surface area contributed by atoms with E-state index in [9.17, 15) is 4.79 Å². The van der Waals surface area contributed by atoms with Gasteiger partial charge in [-0.3, -0.25) is 0 Å². The lowest BCUT2D eigenvalue weighted by Crippen LogP contribution is -1.98. The van der Waals surface area contributed by atoms with Gasteiger partial charge in [-0.15, -0.1) is 0 Å². The van der Waals surface area contributed by atoms with Crippen LogP contribution in [0.4, 0.5) is 0 Å². The number of allylic oxidation sites excluding steroid dienone is 1. The third kappa shape index (κ3) is 7.80. The molecule has 0 aliphatic carbocycles. The highest BCUT2D eigenvalue weighted by molar-refractivity contribution is 5.82. The van der Waals surface area contributed by atoms with Gasteiger partial charge in [0.25, 0.3) is 0 Å². The molecule has 1 aromatic carbocycles. The predicted octanol–water partition coefficient (Wildman–Crippen LogP) is 2.72. The van der Waals surface area contributed by atoms with Gasteiger partial charge in [-0.2, -0.15) is 0 Å². The summed E-state index contributed by atoms with van der Waals surface area (Å²) in [5.74, 6) is 5.30. The van der Waals surface area contributed by atoms with E-state index in [2.05, 4.69) is 11.8 Å². The molecule has 3 nitrogen and oxygen atoms in total. The first-order valence-electron chi connectivity index (χ1n) is 6.26. The number of esters is 1. The van der Waals surface area contributed by atoms with E-state index < -0.39 is 0 Å². The molecule has 1 rings (SSSR count). The molecular formula is C16H18O3. The van der Waals surface area contributed by atoms with Crippen LogP contribution in [0.2, 0.25) is 0 Å². The summed E-state index contributed by atoms with van der Waals surface area (Å²) in [7, 11) is 0. The molecule has 1 aromatic rings. The Morgan fingerprint density at radius 2 is 2.11 bits per heavy atom. The fourth-order valence-corrected chi connectivity index (χ4v) is 1.32. The van der Waals surface area contributed by atoms with Crippen molar-refractivity contribution in [2.75, 3.05) is 13.2 Å². The minimum absolute atomic E-state index is 0.364. The van der Waals surface area contributed by atoms with Gasteiger partial charge in [0.15, 0.2) is 0 Å². The first kappa shape index (κ1) is 15.0. The van der Waals surface area contributed by atoms with Crippen LogP contribution in [0, 0.1) is 11.8 Å². The molecule has 0 spiro atoms. The van der Waals surface area contributed by atoms with Crippen molar-refractivity contribution >= 4 is 5.97 Å². The highest BCUT2D eigenvalue weighted by atomic mass is 16.5. The molecule has 19 heavy (non-hydrogen) atoms. The van der Waals surface area contributed by atoms with E-state index in [4.69, 9.17) is 9.47 Å². The van der Waals surface area contributed by atoms with Crippen molar-refractivity contribution in [2.24, 2.45) is 0 Å². The number of benzene rings is 1. The topological polar surface area (TPSA) is 35.5 Å². The van der Waals surface area contributed by atoms with Crippen LogP contribution in [0.5, 0.6) is 0 Å². The van der Waals surface area contributed by atoms with Gasteiger partial charge in [-0.1, -0.05) is 42.2 Å². The normalized spacial score (nSPS) is 9.95. The van der Waals surface area contributed by atoms with E-state index in [1.54, 1.807) is 6.92 Å². The van der Waals surface area contributed by atoms with Crippen LogP contribution in [-0.4, -0.2) is 19.2 Å². The fourth-order valence-electron chi connectivity index (χ4n) is 1.32. The second-order valence-corrected chi connectivity index (χ2v) is 3.69. The van der Waals surface area contributed by atoms with Crippen LogP contribution < -0.4 is 0 Å². The third-order valence-corrected chi connectivity index (χ3v) is 2.17. The lowest BCUT2D eigenvalue weighted by molar-refractivity contribution is -0.137. The summed E-state index contributed by atoms with van der Waals surface area (Å²) in [6.07, 6.45) is 3.45. The third-order valence-electron chi connectivity index (χ3n) is 2.17. The Bertz CT molecular complexity index is 452. The molecule has 0 unspecified atom stereocenters. The monoisotopic (exact) mass is 258 g/mol. The van der Waals surface area contributed by atoms with Gasteiger partial charge in [0.05, 0.1) is 19.8 Å². The van der Waals surface area contributed by atoms with Crippen molar-refractivity contribution in [3.63, 3.8) is 0 Å². The highest BCUT2D eigenvalue weighted by Gasteiger charge is 1.91. The van der Waals surface area contributed by atoms with Crippen molar-refractivity contribution in [3.8, 4) is 11.8 Å². The molecule has 0 radical (unpaired) electrons. The molecule has 0 amide bonds. The first-order chi connectivity index (χ1) is 9.33. The van der Waals surface area contributed by atoms with E-state index in [-0.39, 0.29) is 5.97 Å². The van der Waals surface area contributed by atoms with Crippen LogP contribution in [0.25, 0.3) is 0 Å². The first-order valence-corrected chi connectivity index (χ1v) is 6.26. The molecule has 0 heterocycles. The molecule has 100 valence electrons. The minimum Gasteiger partial charge on any atom is -0.463 e. The number of ether oxygens (including phenoxy) is 2. The molecule has 0 fully saturated rings. The summed E-state index contributed by atoms with van der Waals surface area (Å²) < 4.78 is 10.2. The van der Waals surface area contributed by atoms with Crippen molar-refractivity contribution < 1.29 is 14.3 Å². The lowest BCUT2D eigenvalue weighted by atomic mass is 10.2. The molecule has 0 aliphatic heterocycles. The van der Waals surface area contributed by atoms with Crippen molar-refractivity contribution in [1.29, 1.82) is 0 Å². The van der Waals surface area contributed by atoms with E-state index in [0.29, 0.717) is 26.2 Å². The molecule has 0 atom stereocenters. The predicted molar refractivity (Wildman–Crippen MR) is 74.3 cm³/mol. The zero-order valence-electron chi connectivity index (χ0n) is 11.1. The Kier molecular flexibility index (Phi) is 7.84. The SMILES string of the molecule is CCOC(=O)/C=C/C#CCCOCc1ccccc1. The maximum atomic E-state index is 10.9. The van der Waals surface area contributed by atoms with Crippen LogP contribution in [0.15, 0.2) is 42.5 Å². The quantitative estimate of drug-likeness (QED) is 0.340. The van der Waals surface area contributed by atoms with Gasteiger partial charge < -0.3 is 9.47 Å². The second kappa shape index (κ2) is 9.93. The number of carbonyl (C=O) groups excluding carboxylic acids is 1. The van der Waals surface area contributed by atoms with E-state index in [1.807, 2.05) is 30.3 Å². The maximum absolute atomic E-state index is 10.9. The average molecular weight is 258 g/mol. The Morgan fingerprint density at radius 3 is 2.84 bits per heavy atom. The van der Waals surface area contributed by atoms with E-state index in [0.717, 1.165) is 5.56 Å². The van der Waals surface area contributed by atoms with Crippen molar-refractivity contribution in [3.05, 3.63) is 48.0 Å². The zero-order chi connectivity index (χ0) is 13.8. The summed E-state index contributed by atoms with van der Waals surface area (Å²) in [5, 5.41) is 0. The summed E-state index contributed by atoms with van der Waals surface area (Å²) in [6.45, 7) is 3.32. The number of carbonyl (C=O) groups is 1. The number of rotatable bonds is 6. The van der Waals surface area contributed by atoms with Gasteiger partial charge in [-0.25, -0.2) is 4.79 Å². The summed E-state index contributed by atoms with van der Waals surface area (Å²) >= 11 is 0. The smallest absolute Gasteiger partial charge is 0.331 e. The number of hydrogen-bond acceptors (Lipinski definition) is 3. The molecule has 0 bridgehead atoms. The zero-order valence-corrected chi connectivity index (χ0v) is 11.1.